The van der Waals surface area contributed by atoms with Crippen LogP contribution in [0.1, 0.15) is 5.56 Å². The molecule has 0 radical (unpaired) electrons. The summed E-state index contributed by atoms with van der Waals surface area (Å²) in [5.41, 5.74) is 1.39. The van der Waals surface area contributed by atoms with Crippen LogP contribution in [0.4, 0.5) is 6.01 Å². The van der Waals surface area contributed by atoms with E-state index in [1.54, 1.807) is 12.1 Å². The SMILES string of the molecule is CS(=O)(=O)c1ccc(CC(=O)Nc2nnc(-c3cccc(Br)c3)o2)cc1. The normalized spacial score (nSPS) is 11.3. The third-order valence-corrected chi connectivity index (χ3v) is 5.08. The average molecular weight is 436 g/mol. The number of hydrogen-bond donors (Lipinski definition) is 1. The summed E-state index contributed by atoms with van der Waals surface area (Å²) in [5.74, 6) is -0.0550. The fourth-order valence-corrected chi connectivity index (χ4v) is 3.24. The molecule has 134 valence electrons. The minimum atomic E-state index is -3.26. The molecule has 0 atom stereocenters. The first-order valence-corrected chi connectivity index (χ1v) is 10.2. The Bertz CT molecular complexity index is 1050. The molecular formula is C17H14BrN3O4S. The van der Waals surface area contributed by atoms with Crippen LogP contribution >= 0.6 is 15.9 Å². The number of carbonyl (C=O) groups excluding carboxylic acids is 1. The van der Waals surface area contributed by atoms with Crippen LogP contribution in [0.5, 0.6) is 0 Å². The van der Waals surface area contributed by atoms with Crippen LogP contribution in [-0.4, -0.2) is 30.8 Å². The number of rotatable bonds is 5. The monoisotopic (exact) mass is 435 g/mol. The van der Waals surface area contributed by atoms with E-state index in [0.717, 1.165) is 16.3 Å². The predicted molar refractivity (Wildman–Crippen MR) is 99.3 cm³/mol. The van der Waals surface area contributed by atoms with Crippen LogP contribution in [0.2, 0.25) is 0 Å². The third-order valence-electron chi connectivity index (χ3n) is 3.46. The van der Waals surface area contributed by atoms with Gasteiger partial charge in [0.05, 0.1) is 11.3 Å². The van der Waals surface area contributed by atoms with Crippen molar-refractivity contribution in [3.8, 4) is 11.5 Å². The van der Waals surface area contributed by atoms with Crippen molar-refractivity contribution in [3.05, 3.63) is 58.6 Å². The summed E-state index contributed by atoms with van der Waals surface area (Å²) in [6.45, 7) is 0. The fraction of sp³-hybridized carbons (Fsp3) is 0.118. The standard InChI is InChI=1S/C17H14BrN3O4S/c1-26(23,24)14-7-5-11(6-8-14)9-15(22)19-17-21-20-16(25-17)12-3-2-4-13(18)10-12/h2-8,10H,9H2,1H3,(H,19,21,22). The maximum absolute atomic E-state index is 12.1. The number of halogens is 1. The molecule has 0 saturated heterocycles. The van der Waals surface area contributed by atoms with Gasteiger partial charge in [0.15, 0.2) is 9.84 Å². The molecule has 1 N–H and O–H groups in total. The van der Waals surface area contributed by atoms with E-state index >= 15 is 0 Å². The largest absolute Gasteiger partial charge is 0.403 e. The van der Waals surface area contributed by atoms with E-state index in [1.165, 1.54) is 12.1 Å². The first-order chi connectivity index (χ1) is 12.3. The number of aromatic nitrogens is 2. The lowest BCUT2D eigenvalue weighted by atomic mass is 10.1. The Morgan fingerprint density at radius 1 is 1.15 bits per heavy atom. The zero-order valence-corrected chi connectivity index (χ0v) is 16.0. The Morgan fingerprint density at radius 3 is 2.54 bits per heavy atom. The van der Waals surface area contributed by atoms with E-state index in [9.17, 15) is 13.2 Å². The topological polar surface area (TPSA) is 102 Å². The lowest BCUT2D eigenvalue weighted by molar-refractivity contribution is -0.115. The molecule has 7 nitrogen and oxygen atoms in total. The van der Waals surface area contributed by atoms with Crippen LogP contribution in [0.25, 0.3) is 11.5 Å². The van der Waals surface area contributed by atoms with Crippen molar-refractivity contribution >= 4 is 37.7 Å². The molecule has 0 bridgehead atoms. The van der Waals surface area contributed by atoms with Gasteiger partial charge in [0.1, 0.15) is 0 Å². The molecule has 3 rings (SSSR count). The number of nitrogens with one attached hydrogen (secondary N) is 1. The minimum absolute atomic E-state index is 0.00210. The quantitative estimate of drug-likeness (QED) is 0.660. The van der Waals surface area contributed by atoms with E-state index in [-0.39, 0.29) is 23.2 Å². The van der Waals surface area contributed by atoms with E-state index in [2.05, 4.69) is 31.4 Å². The van der Waals surface area contributed by atoms with Crippen molar-refractivity contribution in [2.45, 2.75) is 11.3 Å². The highest BCUT2D eigenvalue weighted by Gasteiger charge is 2.13. The lowest BCUT2D eigenvalue weighted by Gasteiger charge is -2.03. The molecule has 1 amide bonds. The molecule has 0 fully saturated rings. The average Bonchev–Trinajstić information content (AvgIpc) is 3.03. The summed E-state index contributed by atoms with van der Waals surface area (Å²) < 4.78 is 29.2. The molecule has 0 aliphatic carbocycles. The number of carbonyl (C=O) groups is 1. The summed E-state index contributed by atoms with van der Waals surface area (Å²) >= 11 is 3.36. The highest BCUT2D eigenvalue weighted by molar-refractivity contribution is 9.10. The smallest absolute Gasteiger partial charge is 0.322 e. The molecule has 0 saturated carbocycles. The Labute approximate surface area is 158 Å². The second kappa shape index (κ2) is 7.38. The van der Waals surface area contributed by atoms with Gasteiger partial charge in [-0.15, -0.1) is 5.10 Å². The van der Waals surface area contributed by atoms with Gasteiger partial charge in [-0.3, -0.25) is 10.1 Å². The van der Waals surface area contributed by atoms with Crippen molar-refractivity contribution in [2.24, 2.45) is 0 Å². The number of hydrogen-bond acceptors (Lipinski definition) is 6. The first kappa shape index (κ1) is 18.3. The molecule has 0 unspecified atom stereocenters. The van der Waals surface area contributed by atoms with Crippen LogP contribution in [0.15, 0.2) is 62.3 Å². The maximum atomic E-state index is 12.1. The molecule has 9 heteroatoms. The number of sulfone groups is 1. The second-order valence-electron chi connectivity index (χ2n) is 5.56. The zero-order chi connectivity index (χ0) is 18.7. The van der Waals surface area contributed by atoms with E-state index in [1.807, 2.05) is 24.3 Å². The van der Waals surface area contributed by atoms with Gasteiger partial charge in [-0.05, 0) is 35.9 Å². The van der Waals surface area contributed by atoms with E-state index < -0.39 is 9.84 Å². The predicted octanol–water partition coefficient (Wildman–Crippen LogP) is 3.08. The van der Waals surface area contributed by atoms with Crippen molar-refractivity contribution in [3.63, 3.8) is 0 Å². The van der Waals surface area contributed by atoms with Crippen molar-refractivity contribution < 1.29 is 17.6 Å². The number of anilines is 1. The number of amides is 1. The van der Waals surface area contributed by atoms with Crippen LogP contribution in [-0.2, 0) is 21.1 Å². The lowest BCUT2D eigenvalue weighted by Crippen LogP contribution is -2.14. The molecule has 3 aromatic rings. The molecule has 0 aliphatic rings. The molecule has 1 aromatic heterocycles. The highest BCUT2D eigenvalue weighted by atomic mass is 79.9. The zero-order valence-electron chi connectivity index (χ0n) is 13.6. The molecule has 0 aliphatic heterocycles. The molecular weight excluding hydrogens is 422 g/mol. The summed E-state index contributed by atoms with van der Waals surface area (Å²) in [7, 11) is -3.26. The summed E-state index contributed by atoms with van der Waals surface area (Å²) in [4.78, 5) is 12.3. The van der Waals surface area contributed by atoms with Crippen molar-refractivity contribution in [1.29, 1.82) is 0 Å². The van der Waals surface area contributed by atoms with Gasteiger partial charge in [-0.2, -0.15) is 0 Å². The van der Waals surface area contributed by atoms with Gasteiger partial charge in [-0.25, -0.2) is 8.42 Å². The molecule has 0 spiro atoms. The van der Waals surface area contributed by atoms with Crippen LogP contribution in [0.3, 0.4) is 0 Å². The van der Waals surface area contributed by atoms with Gasteiger partial charge in [0.25, 0.3) is 0 Å². The number of benzene rings is 2. The molecule has 2 aromatic carbocycles. The fourth-order valence-electron chi connectivity index (χ4n) is 2.22. The summed E-state index contributed by atoms with van der Waals surface area (Å²) in [5, 5.41) is 10.2. The van der Waals surface area contributed by atoms with Crippen LogP contribution < -0.4 is 5.32 Å². The first-order valence-electron chi connectivity index (χ1n) is 7.49. The van der Waals surface area contributed by atoms with Crippen molar-refractivity contribution in [1.82, 2.24) is 10.2 Å². The second-order valence-corrected chi connectivity index (χ2v) is 8.50. The Morgan fingerprint density at radius 2 is 1.88 bits per heavy atom. The maximum Gasteiger partial charge on any atom is 0.322 e. The van der Waals surface area contributed by atoms with Gasteiger partial charge < -0.3 is 4.42 Å². The third kappa shape index (κ3) is 4.55. The minimum Gasteiger partial charge on any atom is -0.403 e. The van der Waals surface area contributed by atoms with E-state index in [4.69, 9.17) is 4.42 Å². The molecule has 26 heavy (non-hydrogen) atoms. The Kier molecular flexibility index (Phi) is 5.19. The van der Waals surface area contributed by atoms with Gasteiger partial charge >= 0.3 is 6.01 Å². The van der Waals surface area contributed by atoms with Gasteiger partial charge in [0.2, 0.25) is 11.8 Å². The summed E-state index contributed by atoms with van der Waals surface area (Å²) in [6, 6.07) is 13.5. The number of nitrogens with zero attached hydrogens (tertiary/aromatic N) is 2. The Hall–Kier alpha value is -2.52. The Balaban J connectivity index is 1.65. The van der Waals surface area contributed by atoms with Gasteiger partial charge in [-0.1, -0.05) is 39.2 Å². The van der Waals surface area contributed by atoms with Gasteiger partial charge in [0, 0.05) is 16.3 Å². The van der Waals surface area contributed by atoms with E-state index in [0.29, 0.717) is 11.5 Å². The summed E-state index contributed by atoms with van der Waals surface area (Å²) in [6.07, 6.45) is 1.19. The highest BCUT2D eigenvalue weighted by Crippen LogP contribution is 2.23. The van der Waals surface area contributed by atoms with Crippen LogP contribution in [0, 0.1) is 0 Å². The molecule has 1 heterocycles. The van der Waals surface area contributed by atoms with Crippen molar-refractivity contribution in [2.75, 3.05) is 11.6 Å².